The highest BCUT2D eigenvalue weighted by Gasteiger charge is 2.28. The van der Waals surface area contributed by atoms with Crippen molar-refractivity contribution in [2.75, 3.05) is 16.8 Å². The van der Waals surface area contributed by atoms with E-state index in [1.165, 1.54) is 23.4 Å². The number of para-hydroxylation sites is 1. The average Bonchev–Trinajstić information content (AvgIpc) is 2.98. The molecule has 4 nitrogen and oxygen atoms in total. The molecule has 0 bridgehead atoms. The van der Waals surface area contributed by atoms with Crippen LogP contribution in [0.3, 0.4) is 0 Å². The molecule has 1 aromatic heterocycles. The Labute approximate surface area is 159 Å². The maximum atomic E-state index is 13.0. The van der Waals surface area contributed by atoms with Gasteiger partial charge in [0.05, 0.1) is 0 Å². The maximum Gasteiger partial charge on any atom is 0.232 e. The quantitative estimate of drug-likeness (QED) is 0.717. The number of halogens is 1. The van der Waals surface area contributed by atoms with Crippen molar-refractivity contribution in [2.24, 2.45) is 0 Å². The summed E-state index contributed by atoms with van der Waals surface area (Å²) in [6.45, 7) is 4.92. The highest BCUT2D eigenvalue weighted by atomic mass is 19.1. The SMILES string of the molecule is Cc1cc(NCCc2ccc(F)cc2)nc(N2c3ccccc3CC2C)n1. The average molecular weight is 362 g/mol. The van der Waals surface area contributed by atoms with Crippen molar-refractivity contribution < 1.29 is 4.39 Å². The van der Waals surface area contributed by atoms with Crippen LogP contribution >= 0.6 is 0 Å². The number of anilines is 3. The number of nitrogens with one attached hydrogen (secondary N) is 1. The number of aryl methyl sites for hydroxylation is 1. The lowest BCUT2D eigenvalue weighted by Crippen LogP contribution is -2.26. The van der Waals surface area contributed by atoms with Gasteiger partial charge in [-0.15, -0.1) is 0 Å². The van der Waals surface area contributed by atoms with E-state index in [0.29, 0.717) is 6.04 Å². The van der Waals surface area contributed by atoms with Crippen LogP contribution < -0.4 is 10.2 Å². The largest absolute Gasteiger partial charge is 0.370 e. The van der Waals surface area contributed by atoms with Crippen LogP contribution in [-0.2, 0) is 12.8 Å². The summed E-state index contributed by atoms with van der Waals surface area (Å²) in [5.41, 5.74) is 4.55. The summed E-state index contributed by atoms with van der Waals surface area (Å²) in [5.74, 6) is 1.34. The zero-order valence-corrected chi connectivity index (χ0v) is 15.6. The topological polar surface area (TPSA) is 41.1 Å². The molecule has 0 saturated heterocycles. The van der Waals surface area contributed by atoms with Gasteiger partial charge in [0.15, 0.2) is 0 Å². The van der Waals surface area contributed by atoms with Gasteiger partial charge in [0.1, 0.15) is 11.6 Å². The predicted octanol–water partition coefficient (Wildman–Crippen LogP) is 4.66. The molecule has 2 heterocycles. The van der Waals surface area contributed by atoms with Crippen molar-refractivity contribution in [2.45, 2.75) is 32.7 Å². The van der Waals surface area contributed by atoms with E-state index in [2.05, 4.69) is 46.4 Å². The van der Waals surface area contributed by atoms with Gasteiger partial charge in [0, 0.05) is 30.0 Å². The normalized spacial score (nSPS) is 15.7. The molecular formula is C22H23FN4. The van der Waals surface area contributed by atoms with E-state index in [1.807, 2.05) is 25.1 Å². The van der Waals surface area contributed by atoms with E-state index in [4.69, 9.17) is 4.98 Å². The van der Waals surface area contributed by atoms with Crippen molar-refractivity contribution in [3.63, 3.8) is 0 Å². The molecule has 0 radical (unpaired) electrons. The second-order valence-corrected chi connectivity index (χ2v) is 7.05. The fraction of sp³-hybridized carbons (Fsp3) is 0.273. The van der Waals surface area contributed by atoms with Gasteiger partial charge in [-0.3, -0.25) is 0 Å². The third kappa shape index (κ3) is 3.77. The number of rotatable bonds is 5. The van der Waals surface area contributed by atoms with Gasteiger partial charge >= 0.3 is 0 Å². The molecule has 0 amide bonds. The number of nitrogens with zero attached hydrogens (tertiary/aromatic N) is 3. The van der Waals surface area contributed by atoms with Crippen LogP contribution in [-0.4, -0.2) is 22.6 Å². The van der Waals surface area contributed by atoms with Crippen LogP contribution in [0.2, 0.25) is 0 Å². The molecule has 138 valence electrons. The van der Waals surface area contributed by atoms with Gasteiger partial charge < -0.3 is 10.2 Å². The van der Waals surface area contributed by atoms with Gasteiger partial charge in [-0.1, -0.05) is 30.3 Å². The van der Waals surface area contributed by atoms with Crippen LogP contribution in [0.25, 0.3) is 0 Å². The van der Waals surface area contributed by atoms with Crippen LogP contribution in [0.4, 0.5) is 21.8 Å². The lowest BCUT2D eigenvalue weighted by Gasteiger charge is -2.23. The Morgan fingerprint density at radius 3 is 2.70 bits per heavy atom. The first-order valence-corrected chi connectivity index (χ1v) is 9.31. The van der Waals surface area contributed by atoms with Crippen LogP contribution in [0.15, 0.2) is 54.6 Å². The number of hydrogen-bond acceptors (Lipinski definition) is 4. The Kier molecular flexibility index (Phi) is 4.75. The summed E-state index contributed by atoms with van der Waals surface area (Å²) in [4.78, 5) is 11.6. The minimum Gasteiger partial charge on any atom is -0.370 e. The molecule has 1 atom stereocenters. The van der Waals surface area contributed by atoms with E-state index in [0.717, 1.165) is 42.4 Å². The molecule has 1 aliphatic heterocycles. The van der Waals surface area contributed by atoms with Gasteiger partial charge in [0.2, 0.25) is 5.95 Å². The van der Waals surface area contributed by atoms with Crippen molar-refractivity contribution in [1.29, 1.82) is 0 Å². The fourth-order valence-corrected chi connectivity index (χ4v) is 3.61. The Hall–Kier alpha value is -2.95. The predicted molar refractivity (Wildman–Crippen MR) is 107 cm³/mol. The van der Waals surface area contributed by atoms with Crippen LogP contribution in [0.1, 0.15) is 23.7 Å². The molecule has 1 N–H and O–H groups in total. The Balaban J connectivity index is 1.51. The lowest BCUT2D eigenvalue weighted by atomic mass is 10.1. The van der Waals surface area contributed by atoms with Crippen LogP contribution in [0, 0.1) is 12.7 Å². The molecule has 0 aliphatic carbocycles. The molecule has 0 fully saturated rings. The van der Waals surface area contributed by atoms with Gasteiger partial charge in [0.25, 0.3) is 0 Å². The summed E-state index contributed by atoms with van der Waals surface area (Å²) in [5, 5.41) is 3.38. The van der Waals surface area contributed by atoms with Crippen LogP contribution in [0.5, 0.6) is 0 Å². The minimum atomic E-state index is -0.206. The second-order valence-electron chi connectivity index (χ2n) is 7.05. The molecule has 5 heteroatoms. The summed E-state index contributed by atoms with van der Waals surface area (Å²) in [6, 6.07) is 17.3. The van der Waals surface area contributed by atoms with Crippen molar-refractivity contribution in [3.05, 3.63) is 77.2 Å². The van der Waals surface area contributed by atoms with E-state index >= 15 is 0 Å². The van der Waals surface area contributed by atoms with E-state index in [-0.39, 0.29) is 5.82 Å². The van der Waals surface area contributed by atoms with Crippen molar-refractivity contribution >= 4 is 17.5 Å². The first-order chi connectivity index (χ1) is 13.1. The standard InChI is InChI=1S/C22H23FN4/c1-15-13-21(24-12-11-17-7-9-19(23)10-8-17)26-22(25-15)27-16(2)14-18-5-3-4-6-20(18)27/h3-10,13,16H,11-12,14H2,1-2H3,(H,24,25,26). The van der Waals surface area contributed by atoms with Gasteiger partial charge in [-0.2, -0.15) is 4.98 Å². The van der Waals surface area contributed by atoms with E-state index < -0.39 is 0 Å². The van der Waals surface area contributed by atoms with Gasteiger partial charge in [-0.05, 0) is 56.0 Å². The highest BCUT2D eigenvalue weighted by molar-refractivity contribution is 5.67. The molecule has 1 aliphatic rings. The van der Waals surface area contributed by atoms with Gasteiger partial charge in [-0.25, -0.2) is 9.37 Å². The monoisotopic (exact) mass is 362 g/mol. The second kappa shape index (κ2) is 7.35. The molecule has 1 unspecified atom stereocenters. The number of aromatic nitrogens is 2. The summed E-state index contributed by atoms with van der Waals surface area (Å²) < 4.78 is 13.0. The number of benzene rings is 2. The molecule has 2 aromatic carbocycles. The highest BCUT2D eigenvalue weighted by Crippen LogP contribution is 2.36. The van der Waals surface area contributed by atoms with Crippen molar-refractivity contribution in [1.82, 2.24) is 9.97 Å². The molecule has 0 spiro atoms. The van der Waals surface area contributed by atoms with E-state index in [9.17, 15) is 4.39 Å². The molecule has 27 heavy (non-hydrogen) atoms. The first-order valence-electron chi connectivity index (χ1n) is 9.31. The maximum absolute atomic E-state index is 13.0. The summed E-state index contributed by atoms with van der Waals surface area (Å²) in [7, 11) is 0. The fourth-order valence-electron chi connectivity index (χ4n) is 3.61. The Morgan fingerprint density at radius 2 is 1.89 bits per heavy atom. The first kappa shape index (κ1) is 17.5. The zero-order valence-electron chi connectivity index (χ0n) is 15.6. The summed E-state index contributed by atoms with van der Waals surface area (Å²) >= 11 is 0. The lowest BCUT2D eigenvalue weighted by molar-refractivity contribution is 0.627. The molecular weight excluding hydrogens is 339 g/mol. The van der Waals surface area contributed by atoms with E-state index in [1.54, 1.807) is 0 Å². The number of fused-ring (bicyclic) bond motifs is 1. The molecule has 3 aromatic rings. The zero-order chi connectivity index (χ0) is 18.8. The third-order valence-electron chi connectivity index (χ3n) is 4.90. The summed E-state index contributed by atoms with van der Waals surface area (Å²) in [6.07, 6.45) is 1.81. The molecule has 4 rings (SSSR count). The Morgan fingerprint density at radius 1 is 1.11 bits per heavy atom. The van der Waals surface area contributed by atoms with Crippen molar-refractivity contribution in [3.8, 4) is 0 Å². The minimum absolute atomic E-state index is 0.206. The smallest absolute Gasteiger partial charge is 0.232 e. The Bertz CT molecular complexity index is 939. The number of hydrogen-bond donors (Lipinski definition) is 1. The molecule has 0 saturated carbocycles. The third-order valence-corrected chi connectivity index (χ3v) is 4.90.